The van der Waals surface area contributed by atoms with E-state index in [0.717, 1.165) is 0 Å². The highest BCUT2D eigenvalue weighted by Gasteiger charge is 2.20. The smallest absolute Gasteiger partial charge is 0.344 e. The SMILES string of the molecule is CC(C)S(=O)(=O)c1ccc(Cl)c(C#Cc2cc(Cl)ccc2OCC(=O)OC(C)(C)C)c1. The van der Waals surface area contributed by atoms with Gasteiger partial charge < -0.3 is 9.47 Å². The minimum absolute atomic E-state index is 0.142. The summed E-state index contributed by atoms with van der Waals surface area (Å²) in [5.41, 5.74) is 0.145. The summed E-state index contributed by atoms with van der Waals surface area (Å²) < 4.78 is 35.7. The molecule has 0 aliphatic heterocycles. The lowest BCUT2D eigenvalue weighted by Crippen LogP contribution is -2.27. The van der Waals surface area contributed by atoms with Crippen molar-refractivity contribution in [1.29, 1.82) is 0 Å². The Labute approximate surface area is 193 Å². The van der Waals surface area contributed by atoms with Gasteiger partial charge in [-0.2, -0.15) is 0 Å². The molecule has 0 aliphatic carbocycles. The van der Waals surface area contributed by atoms with E-state index < -0.39 is 26.7 Å². The van der Waals surface area contributed by atoms with E-state index in [1.54, 1.807) is 52.8 Å². The Morgan fingerprint density at radius 1 is 1.03 bits per heavy atom. The third-order valence-corrected chi connectivity index (χ3v) is 6.64. The fourth-order valence-corrected chi connectivity index (χ4v) is 3.84. The van der Waals surface area contributed by atoms with E-state index in [1.165, 1.54) is 18.2 Å². The Morgan fingerprint density at radius 3 is 2.29 bits per heavy atom. The molecule has 8 heteroatoms. The number of carbonyl (C=O) groups is 1. The molecule has 0 aliphatic rings. The van der Waals surface area contributed by atoms with Gasteiger partial charge in [0.1, 0.15) is 11.4 Å². The van der Waals surface area contributed by atoms with Gasteiger partial charge in [-0.05, 0) is 71.0 Å². The molecule has 0 spiro atoms. The van der Waals surface area contributed by atoms with Crippen LogP contribution in [0.25, 0.3) is 0 Å². The molecule has 0 unspecified atom stereocenters. The first kappa shape index (κ1) is 25.1. The van der Waals surface area contributed by atoms with Crippen molar-refractivity contribution in [2.75, 3.05) is 6.61 Å². The van der Waals surface area contributed by atoms with Crippen LogP contribution in [0.3, 0.4) is 0 Å². The van der Waals surface area contributed by atoms with Gasteiger partial charge in [-0.25, -0.2) is 13.2 Å². The topological polar surface area (TPSA) is 69.7 Å². The molecule has 0 radical (unpaired) electrons. The van der Waals surface area contributed by atoms with Crippen molar-refractivity contribution in [3.05, 3.63) is 57.6 Å². The summed E-state index contributed by atoms with van der Waals surface area (Å²) in [6.45, 7) is 8.21. The predicted octanol–water partition coefficient (Wildman–Crippen LogP) is 5.30. The summed E-state index contributed by atoms with van der Waals surface area (Å²) in [5.74, 6) is 5.59. The van der Waals surface area contributed by atoms with Gasteiger partial charge in [-0.1, -0.05) is 35.0 Å². The van der Waals surface area contributed by atoms with Crippen molar-refractivity contribution in [2.24, 2.45) is 0 Å². The summed E-state index contributed by atoms with van der Waals surface area (Å²) in [6, 6.07) is 9.19. The van der Waals surface area contributed by atoms with Crippen LogP contribution in [-0.4, -0.2) is 31.8 Å². The number of hydrogen-bond acceptors (Lipinski definition) is 5. The molecule has 0 bridgehead atoms. The quantitative estimate of drug-likeness (QED) is 0.427. The van der Waals surface area contributed by atoms with E-state index in [0.29, 0.717) is 26.9 Å². The molecule has 0 saturated carbocycles. The first-order chi connectivity index (χ1) is 14.3. The van der Waals surface area contributed by atoms with Crippen LogP contribution in [-0.2, 0) is 19.4 Å². The van der Waals surface area contributed by atoms with Gasteiger partial charge in [-0.3, -0.25) is 0 Å². The zero-order valence-corrected chi connectivity index (χ0v) is 20.3. The molecule has 5 nitrogen and oxygen atoms in total. The van der Waals surface area contributed by atoms with Crippen LogP contribution in [0.2, 0.25) is 10.0 Å². The second-order valence-electron chi connectivity index (χ2n) is 8.00. The van der Waals surface area contributed by atoms with Gasteiger partial charge in [0.05, 0.1) is 20.7 Å². The largest absolute Gasteiger partial charge is 0.481 e. The summed E-state index contributed by atoms with van der Waals surface area (Å²) in [5, 5.41) is 0.167. The fourth-order valence-electron chi connectivity index (χ4n) is 2.42. The normalized spacial score (nSPS) is 11.6. The predicted molar refractivity (Wildman–Crippen MR) is 123 cm³/mol. The summed E-state index contributed by atoms with van der Waals surface area (Å²) in [6.07, 6.45) is 0. The van der Waals surface area contributed by atoms with Crippen LogP contribution in [0.15, 0.2) is 41.3 Å². The zero-order valence-electron chi connectivity index (χ0n) is 18.0. The van der Waals surface area contributed by atoms with E-state index in [1.807, 2.05) is 0 Å². The highest BCUT2D eigenvalue weighted by Crippen LogP contribution is 2.25. The van der Waals surface area contributed by atoms with Crippen LogP contribution in [0, 0.1) is 11.8 Å². The fraction of sp³-hybridized carbons (Fsp3) is 0.348. The van der Waals surface area contributed by atoms with E-state index >= 15 is 0 Å². The van der Waals surface area contributed by atoms with Gasteiger partial charge in [-0.15, -0.1) is 0 Å². The number of sulfone groups is 1. The molecule has 0 saturated heterocycles. The molecule has 2 aromatic carbocycles. The third-order valence-electron chi connectivity index (χ3n) is 3.93. The molecule has 2 aromatic rings. The number of benzene rings is 2. The molecule has 166 valence electrons. The molecule has 2 rings (SSSR count). The summed E-state index contributed by atoms with van der Waals surface area (Å²) in [4.78, 5) is 12.1. The minimum atomic E-state index is -3.47. The Bertz CT molecular complexity index is 1140. The Morgan fingerprint density at radius 2 is 1.68 bits per heavy atom. The maximum atomic E-state index is 12.4. The number of rotatable bonds is 5. The molecule has 0 atom stereocenters. The van der Waals surface area contributed by atoms with Crippen molar-refractivity contribution >= 4 is 39.0 Å². The maximum Gasteiger partial charge on any atom is 0.344 e. The monoisotopic (exact) mass is 482 g/mol. The van der Waals surface area contributed by atoms with Crippen LogP contribution in [0.4, 0.5) is 0 Å². The van der Waals surface area contributed by atoms with Crippen LogP contribution < -0.4 is 4.74 Å². The number of ether oxygens (including phenoxy) is 2. The Kier molecular flexibility index (Phi) is 8.04. The van der Waals surface area contributed by atoms with Crippen molar-refractivity contribution < 1.29 is 22.7 Å². The van der Waals surface area contributed by atoms with Crippen molar-refractivity contribution in [3.8, 4) is 17.6 Å². The lowest BCUT2D eigenvalue weighted by atomic mass is 10.1. The number of carbonyl (C=O) groups excluding carboxylic acids is 1. The van der Waals surface area contributed by atoms with Crippen molar-refractivity contribution in [1.82, 2.24) is 0 Å². The molecule has 0 N–H and O–H groups in total. The maximum absolute atomic E-state index is 12.4. The molecule has 0 aromatic heterocycles. The highest BCUT2D eigenvalue weighted by molar-refractivity contribution is 7.92. The molecular formula is C23H24Cl2O5S. The molecule has 0 amide bonds. The first-order valence-corrected chi connectivity index (χ1v) is 11.8. The van der Waals surface area contributed by atoms with Crippen LogP contribution in [0.1, 0.15) is 45.7 Å². The van der Waals surface area contributed by atoms with Crippen LogP contribution in [0.5, 0.6) is 5.75 Å². The van der Waals surface area contributed by atoms with E-state index in [9.17, 15) is 13.2 Å². The number of hydrogen-bond donors (Lipinski definition) is 0. The average molecular weight is 483 g/mol. The van der Waals surface area contributed by atoms with E-state index in [-0.39, 0.29) is 11.5 Å². The lowest BCUT2D eigenvalue weighted by molar-refractivity contribution is -0.157. The standard InChI is InChI=1S/C23H24Cl2O5S/c1-15(2)31(27,28)19-9-10-20(25)16(13-19)6-7-17-12-18(24)8-11-21(17)29-14-22(26)30-23(3,4)5/h8-13,15H,14H2,1-5H3. The van der Waals surface area contributed by atoms with Crippen LogP contribution >= 0.6 is 23.2 Å². The lowest BCUT2D eigenvalue weighted by Gasteiger charge is -2.19. The van der Waals surface area contributed by atoms with Crippen molar-refractivity contribution in [3.63, 3.8) is 0 Å². The van der Waals surface area contributed by atoms with Gasteiger partial charge >= 0.3 is 5.97 Å². The highest BCUT2D eigenvalue weighted by atomic mass is 35.5. The molecular weight excluding hydrogens is 459 g/mol. The summed E-state index contributed by atoms with van der Waals surface area (Å²) in [7, 11) is -3.47. The van der Waals surface area contributed by atoms with Gasteiger partial charge in [0.2, 0.25) is 0 Å². The molecule has 0 fully saturated rings. The Balaban J connectivity index is 2.35. The zero-order chi connectivity index (χ0) is 23.4. The minimum Gasteiger partial charge on any atom is -0.481 e. The third kappa shape index (κ3) is 7.17. The second kappa shape index (κ2) is 9.95. The van der Waals surface area contributed by atoms with Crippen molar-refractivity contribution in [2.45, 2.75) is 50.4 Å². The molecule has 0 heterocycles. The van der Waals surface area contributed by atoms with Gasteiger partial charge in [0.15, 0.2) is 16.4 Å². The number of esters is 1. The first-order valence-electron chi connectivity index (χ1n) is 9.49. The van der Waals surface area contributed by atoms with E-state index in [2.05, 4.69) is 11.8 Å². The molecule has 31 heavy (non-hydrogen) atoms. The van der Waals surface area contributed by atoms with Gasteiger partial charge in [0, 0.05) is 10.6 Å². The summed E-state index contributed by atoms with van der Waals surface area (Å²) >= 11 is 12.3. The van der Waals surface area contributed by atoms with Gasteiger partial charge in [0.25, 0.3) is 0 Å². The number of halogens is 2. The second-order valence-corrected chi connectivity index (χ2v) is 11.3. The average Bonchev–Trinajstić information content (AvgIpc) is 2.64. The van der Waals surface area contributed by atoms with E-state index in [4.69, 9.17) is 32.7 Å². The Hall–Kier alpha value is -2.20.